The molecule has 1 aromatic carbocycles. The Hall–Kier alpha value is -2.70. The lowest BCUT2D eigenvalue weighted by Gasteiger charge is -2.55. The van der Waals surface area contributed by atoms with Crippen LogP contribution in [0.1, 0.15) is 49.0 Å². The van der Waals surface area contributed by atoms with Crippen LogP contribution in [0.3, 0.4) is 0 Å². The summed E-state index contributed by atoms with van der Waals surface area (Å²) in [4.78, 5) is 24.2. The van der Waals surface area contributed by atoms with Gasteiger partial charge < -0.3 is 10.4 Å². The summed E-state index contributed by atoms with van der Waals surface area (Å²) in [6.07, 6.45) is 8.35. The van der Waals surface area contributed by atoms with Crippen LogP contribution in [-0.4, -0.2) is 32.0 Å². The molecule has 0 aliphatic heterocycles. The van der Waals surface area contributed by atoms with Gasteiger partial charge in [-0.05, 0) is 74.5 Å². The van der Waals surface area contributed by atoms with Crippen LogP contribution < -0.4 is 5.32 Å². The zero-order valence-corrected chi connectivity index (χ0v) is 15.0. The second kappa shape index (κ2) is 5.90. The Morgan fingerprint density at radius 3 is 2.37 bits per heavy atom. The number of anilines is 1. The fraction of sp³-hybridized carbons (Fsp3) is 0.500. The minimum absolute atomic E-state index is 0.113. The van der Waals surface area contributed by atoms with E-state index in [4.69, 9.17) is 5.11 Å². The molecule has 7 nitrogen and oxygen atoms in total. The maximum absolute atomic E-state index is 13.2. The number of aromatic carboxylic acids is 1. The Morgan fingerprint density at radius 2 is 1.78 bits per heavy atom. The van der Waals surface area contributed by atoms with E-state index in [-0.39, 0.29) is 17.0 Å². The highest BCUT2D eigenvalue weighted by atomic mass is 16.4. The standard InChI is InChI=1S/C20H22N4O3/c25-18(26)17-11-24(23-22-17)16-3-1-2-15(7-16)21-19(27)20-8-12-4-13(9-20)6-14(5-12)10-20/h1-3,7,11-14H,4-6,8-10H2,(H,21,27)(H,25,26). The van der Waals surface area contributed by atoms with Crippen molar-refractivity contribution >= 4 is 17.6 Å². The fourth-order valence-electron chi connectivity index (χ4n) is 5.87. The van der Waals surface area contributed by atoms with Crippen molar-refractivity contribution in [1.29, 1.82) is 0 Å². The van der Waals surface area contributed by atoms with Crippen LogP contribution >= 0.6 is 0 Å². The third-order valence-electron chi connectivity index (χ3n) is 6.60. The van der Waals surface area contributed by atoms with Crippen LogP contribution in [0.25, 0.3) is 5.69 Å². The minimum atomic E-state index is -1.12. The number of carbonyl (C=O) groups excluding carboxylic acids is 1. The van der Waals surface area contributed by atoms with Gasteiger partial charge in [0.2, 0.25) is 5.91 Å². The van der Waals surface area contributed by atoms with Gasteiger partial charge >= 0.3 is 5.97 Å². The third-order valence-corrected chi connectivity index (χ3v) is 6.60. The van der Waals surface area contributed by atoms with E-state index in [9.17, 15) is 9.59 Å². The number of hydrogen-bond donors (Lipinski definition) is 2. The molecule has 27 heavy (non-hydrogen) atoms. The van der Waals surface area contributed by atoms with Crippen molar-refractivity contribution in [3.05, 3.63) is 36.2 Å². The quantitative estimate of drug-likeness (QED) is 0.866. The molecule has 140 valence electrons. The molecule has 2 aromatic rings. The van der Waals surface area contributed by atoms with Crippen molar-refractivity contribution in [1.82, 2.24) is 15.0 Å². The first-order valence-electron chi connectivity index (χ1n) is 9.58. The van der Waals surface area contributed by atoms with E-state index in [0.717, 1.165) is 37.0 Å². The first kappa shape index (κ1) is 16.5. The van der Waals surface area contributed by atoms with Crippen molar-refractivity contribution in [2.45, 2.75) is 38.5 Å². The van der Waals surface area contributed by atoms with E-state index >= 15 is 0 Å². The van der Waals surface area contributed by atoms with Gasteiger partial charge in [0.1, 0.15) is 0 Å². The van der Waals surface area contributed by atoms with E-state index in [2.05, 4.69) is 15.6 Å². The average molecular weight is 366 g/mol. The van der Waals surface area contributed by atoms with Crippen molar-refractivity contribution < 1.29 is 14.7 Å². The highest BCUT2D eigenvalue weighted by Crippen LogP contribution is 2.60. The Balaban J connectivity index is 1.36. The molecule has 0 radical (unpaired) electrons. The number of amides is 1. The Kier molecular flexibility index (Phi) is 3.60. The molecule has 4 fully saturated rings. The summed E-state index contributed by atoms with van der Waals surface area (Å²) < 4.78 is 1.41. The molecular formula is C20H22N4O3. The summed E-state index contributed by atoms with van der Waals surface area (Å²) >= 11 is 0. The Bertz CT molecular complexity index is 884. The Labute approximate surface area is 156 Å². The second-order valence-electron chi connectivity index (χ2n) is 8.56. The van der Waals surface area contributed by atoms with Crippen LogP contribution in [0.5, 0.6) is 0 Å². The maximum Gasteiger partial charge on any atom is 0.358 e. The number of carboxylic acid groups (broad SMARTS) is 1. The second-order valence-corrected chi connectivity index (χ2v) is 8.56. The molecule has 7 heteroatoms. The van der Waals surface area contributed by atoms with Gasteiger partial charge in [0.15, 0.2) is 5.69 Å². The van der Waals surface area contributed by atoms with E-state index in [1.165, 1.54) is 30.1 Å². The van der Waals surface area contributed by atoms with Crippen molar-refractivity contribution in [2.24, 2.45) is 23.2 Å². The van der Waals surface area contributed by atoms with Crippen LogP contribution in [0.2, 0.25) is 0 Å². The largest absolute Gasteiger partial charge is 0.476 e. The molecule has 1 aromatic heterocycles. The summed E-state index contributed by atoms with van der Waals surface area (Å²) in [6, 6.07) is 7.29. The number of carboxylic acids is 1. The van der Waals surface area contributed by atoms with Crippen LogP contribution in [0, 0.1) is 23.2 Å². The normalized spacial score (nSPS) is 31.0. The van der Waals surface area contributed by atoms with Gasteiger partial charge in [-0.2, -0.15) is 0 Å². The molecule has 0 unspecified atom stereocenters. The number of benzene rings is 1. The highest BCUT2D eigenvalue weighted by Gasteiger charge is 2.54. The molecule has 4 saturated carbocycles. The third kappa shape index (κ3) is 2.81. The molecule has 2 N–H and O–H groups in total. The lowest BCUT2D eigenvalue weighted by atomic mass is 9.49. The number of nitrogens with zero attached hydrogens (tertiary/aromatic N) is 3. The molecule has 1 heterocycles. The van der Waals surface area contributed by atoms with Gasteiger partial charge in [0.05, 0.1) is 17.3 Å². The lowest BCUT2D eigenvalue weighted by Crippen LogP contribution is -2.51. The van der Waals surface area contributed by atoms with E-state index in [1.807, 2.05) is 12.1 Å². The summed E-state index contributed by atoms with van der Waals surface area (Å²) in [6.45, 7) is 0. The number of carbonyl (C=O) groups is 2. The first-order chi connectivity index (χ1) is 13.0. The molecular weight excluding hydrogens is 344 g/mol. The zero-order chi connectivity index (χ0) is 18.6. The summed E-state index contributed by atoms with van der Waals surface area (Å²) in [5, 5.41) is 19.6. The molecule has 0 saturated heterocycles. The molecule has 0 spiro atoms. The van der Waals surface area contributed by atoms with Gasteiger partial charge in [0, 0.05) is 5.69 Å². The molecule has 0 atom stereocenters. The summed E-state index contributed by atoms with van der Waals surface area (Å²) in [5.41, 5.74) is 1.06. The van der Waals surface area contributed by atoms with E-state index in [0.29, 0.717) is 11.4 Å². The van der Waals surface area contributed by atoms with Crippen molar-refractivity contribution in [2.75, 3.05) is 5.32 Å². The fourth-order valence-corrected chi connectivity index (χ4v) is 5.87. The zero-order valence-electron chi connectivity index (χ0n) is 15.0. The highest BCUT2D eigenvalue weighted by molar-refractivity contribution is 5.96. The van der Waals surface area contributed by atoms with Gasteiger partial charge in [-0.1, -0.05) is 11.3 Å². The topological polar surface area (TPSA) is 97.1 Å². The number of rotatable bonds is 4. The molecule has 1 amide bonds. The molecule has 6 rings (SSSR count). The Morgan fingerprint density at radius 1 is 1.11 bits per heavy atom. The van der Waals surface area contributed by atoms with E-state index in [1.54, 1.807) is 12.1 Å². The smallest absolute Gasteiger partial charge is 0.358 e. The number of nitrogens with one attached hydrogen (secondary N) is 1. The van der Waals surface area contributed by atoms with Gasteiger partial charge in [-0.3, -0.25) is 4.79 Å². The van der Waals surface area contributed by atoms with E-state index < -0.39 is 5.97 Å². The van der Waals surface area contributed by atoms with Crippen LogP contribution in [0.15, 0.2) is 30.5 Å². The van der Waals surface area contributed by atoms with Crippen LogP contribution in [-0.2, 0) is 4.79 Å². The minimum Gasteiger partial charge on any atom is -0.476 e. The number of aromatic nitrogens is 3. The average Bonchev–Trinajstić information content (AvgIpc) is 3.11. The summed E-state index contributed by atoms with van der Waals surface area (Å²) in [5.74, 6) is 1.19. The van der Waals surface area contributed by atoms with Crippen LogP contribution in [0.4, 0.5) is 5.69 Å². The predicted molar refractivity (Wildman–Crippen MR) is 97.6 cm³/mol. The van der Waals surface area contributed by atoms with Gasteiger partial charge in [-0.15, -0.1) is 5.10 Å². The maximum atomic E-state index is 13.2. The van der Waals surface area contributed by atoms with Gasteiger partial charge in [0.25, 0.3) is 0 Å². The summed E-state index contributed by atoms with van der Waals surface area (Å²) in [7, 11) is 0. The SMILES string of the molecule is O=C(O)c1cn(-c2cccc(NC(=O)C34CC5CC(CC(C5)C3)C4)c2)nn1. The van der Waals surface area contributed by atoms with Crippen molar-refractivity contribution in [3.8, 4) is 5.69 Å². The van der Waals surface area contributed by atoms with Crippen molar-refractivity contribution in [3.63, 3.8) is 0 Å². The predicted octanol–water partition coefficient (Wildman–Crippen LogP) is 3.12. The lowest BCUT2D eigenvalue weighted by molar-refractivity contribution is -0.140. The number of hydrogen-bond acceptors (Lipinski definition) is 4. The first-order valence-corrected chi connectivity index (χ1v) is 9.58. The van der Waals surface area contributed by atoms with Gasteiger partial charge in [-0.25, -0.2) is 9.48 Å². The molecule has 4 bridgehead atoms. The monoisotopic (exact) mass is 366 g/mol. The molecule has 4 aliphatic rings. The molecule has 4 aliphatic carbocycles.